The van der Waals surface area contributed by atoms with Gasteiger partial charge in [0.15, 0.2) is 0 Å². The van der Waals surface area contributed by atoms with Gasteiger partial charge in [-0.1, -0.05) is 25.1 Å². The second-order valence-corrected chi connectivity index (χ2v) is 21.4. The fraction of sp³-hybridized carbons (Fsp3) is 0.435. The molecule has 3 aromatic carbocycles. The Bertz CT molecular complexity index is 2550. The summed E-state index contributed by atoms with van der Waals surface area (Å²) in [6.45, 7) is 13.9. The van der Waals surface area contributed by atoms with Crippen molar-refractivity contribution in [2.75, 3.05) is 93.2 Å². The molecule has 63 heavy (non-hydrogen) atoms. The zero-order valence-corrected chi connectivity index (χ0v) is 38.8. The fourth-order valence-corrected chi connectivity index (χ4v) is 11.5. The number of nitrogens with one attached hydrogen (secondary N) is 3. The Hall–Kier alpha value is -5.15. The second-order valence-electron chi connectivity index (χ2n) is 17.4. The van der Waals surface area contributed by atoms with E-state index in [1.807, 2.05) is 18.2 Å². The van der Waals surface area contributed by atoms with E-state index in [0.717, 1.165) is 82.9 Å². The molecule has 15 nitrogen and oxygen atoms in total. The molecule has 2 aromatic heterocycles. The van der Waals surface area contributed by atoms with Crippen molar-refractivity contribution in [3.8, 4) is 5.75 Å². The van der Waals surface area contributed by atoms with E-state index in [4.69, 9.17) is 9.72 Å². The Morgan fingerprint density at radius 2 is 1.52 bits per heavy atom. The van der Waals surface area contributed by atoms with Crippen LogP contribution in [-0.2, 0) is 20.6 Å². The molecule has 4 saturated heterocycles. The van der Waals surface area contributed by atoms with Crippen LogP contribution in [0.1, 0.15) is 49.7 Å². The standard InChI is InChI=1S/C46H55BrN11O4P/c1-5-29-22-37(52-46-50-26-34(47)45(54-46)51-36-11-10-35-43(49-15-14-48-35)44(36)63(3,4)61)40(62-2)25-39(29)57-16-12-31(13-17-57)55-18-20-56(21-19-55)32-27-58(28-32)38-9-7-6-8-33(38)30-23-41(59)53-42(60)24-30/h6-11,14-15,22,25-26,30-32H,5,12-13,16-21,23-24,27-28H2,1-4H3,(H,53,59,60)(H2,50,51,52,54). The van der Waals surface area contributed by atoms with E-state index in [0.29, 0.717) is 68.9 Å². The second kappa shape index (κ2) is 18.1. The Kier molecular flexibility index (Phi) is 12.4. The van der Waals surface area contributed by atoms with Crippen LogP contribution in [0.2, 0.25) is 0 Å². The van der Waals surface area contributed by atoms with E-state index in [1.54, 1.807) is 39.0 Å². The van der Waals surface area contributed by atoms with Crippen LogP contribution < -0.4 is 35.8 Å². The molecular weight excluding hydrogens is 881 g/mol. The molecule has 2 amide bonds. The van der Waals surface area contributed by atoms with Crippen LogP contribution in [0.25, 0.3) is 11.0 Å². The van der Waals surface area contributed by atoms with Gasteiger partial charge in [0, 0.05) is 119 Å². The third-order valence-electron chi connectivity index (χ3n) is 13.1. The molecule has 17 heteroatoms. The molecule has 9 rings (SSSR count). The average molecular weight is 937 g/mol. The van der Waals surface area contributed by atoms with Crippen molar-refractivity contribution in [3.05, 3.63) is 82.7 Å². The van der Waals surface area contributed by atoms with Crippen molar-refractivity contribution in [2.24, 2.45) is 0 Å². The first kappa shape index (κ1) is 43.1. The molecule has 0 unspecified atom stereocenters. The van der Waals surface area contributed by atoms with Crippen molar-refractivity contribution in [1.29, 1.82) is 0 Å². The summed E-state index contributed by atoms with van der Waals surface area (Å²) in [5.41, 5.74) is 7.41. The number of nitrogens with zero attached hydrogens (tertiary/aromatic N) is 8. The minimum Gasteiger partial charge on any atom is -0.494 e. The molecular formula is C46H55BrN11O4P. The van der Waals surface area contributed by atoms with Gasteiger partial charge in [-0.2, -0.15) is 4.98 Å². The summed E-state index contributed by atoms with van der Waals surface area (Å²) in [7, 11) is -1.08. The van der Waals surface area contributed by atoms with E-state index in [2.05, 4.69) is 104 Å². The highest BCUT2D eigenvalue weighted by molar-refractivity contribution is 9.10. The van der Waals surface area contributed by atoms with E-state index in [9.17, 15) is 14.2 Å². The van der Waals surface area contributed by atoms with Crippen LogP contribution in [0.15, 0.2) is 71.6 Å². The number of carbonyl (C=O) groups is 2. The van der Waals surface area contributed by atoms with E-state index >= 15 is 0 Å². The summed E-state index contributed by atoms with van der Waals surface area (Å²) in [5.74, 6) is 1.19. The number of hydrogen-bond acceptors (Lipinski definition) is 14. The minimum atomic E-state index is -2.77. The van der Waals surface area contributed by atoms with Crippen molar-refractivity contribution in [1.82, 2.24) is 35.1 Å². The molecule has 4 aliphatic rings. The van der Waals surface area contributed by atoms with Gasteiger partial charge in [0.05, 0.1) is 33.8 Å². The molecule has 0 atom stereocenters. The largest absolute Gasteiger partial charge is 0.494 e. The molecule has 0 spiro atoms. The predicted molar refractivity (Wildman–Crippen MR) is 253 cm³/mol. The van der Waals surface area contributed by atoms with Gasteiger partial charge in [-0.25, -0.2) is 4.98 Å². The normalized spacial score (nSPS) is 18.7. The summed E-state index contributed by atoms with van der Waals surface area (Å²) < 4.78 is 20.2. The number of rotatable bonds is 12. The first-order chi connectivity index (χ1) is 30.4. The molecule has 0 radical (unpaired) electrons. The van der Waals surface area contributed by atoms with Gasteiger partial charge in [-0.05, 0) is 83.9 Å². The molecule has 4 fully saturated rings. The molecule has 0 aliphatic carbocycles. The SMILES string of the molecule is CCc1cc(Nc2ncc(Br)c(Nc3ccc4nccnc4c3P(C)(C)=O)n2)c(OC)cc1N1CCC(N2CCN(C3CN(c4ccccc4C4CC(=O)NC(=O)C4)C3)CC2)CC1. The van der Waals surface area contributed by atoms with Gasteiger partial charge in [0.1, 0.15) is 24.2 Å². The lowest BCUT2D eigenvalue weighted by Crippen LogP contribution is -2.64. The van der Waals surface area contributed by atoms with Crippen LogP contribution in [0.4, 0.5) is 34.5 Å². The maximum absolute atomic E-state index is 13.5. The Morgan fingerprint density at radius 1 is 0.825 bits per heavy atom. The maximum atomic E-state index is 13.5. The Labute approximate surface area is 376 Å². The number of imide groups is 1. The van der Waals surface area contributed by atoms with E-state index in [-0.39, 0.29) is 17.7 Å². The Balaban J connectivity index is 0.806. The van der Waals surface area contributed by atoms with Crippen molar-refractivity contribution >= 4 is 85.7 Å². The molecule has 4 aliphatic heterocycles. The number of para-hydroxylation sites is 1. The van der Waals surface area contributed by atoms with Gasteiger partial charge in [0.2, 0.25) is 17.8 Å². The first-order valence-corrected chi connectivity index (χ1v) is 25.3. The summed E-state index contributed by atoms with van der Waals surface area (Å²) in [6, 6.07) is 17.4. The Morgan fingerprint density at radius 3 is 2.22 bits per heavy atom. The third-order valence-corrected chi connectivity index (χ3v) is 15.2. The number of piperazine rings is 1. The summed E-state index contributed by atoms with van der Waals surface area (Å²) in [5, 5.41) is 9.87. The highest BCUT2D eigenvalue weighted by atomic mass is 79.9. The summed E-state index contributed by atoms with van der Waals surface area (Å²) in [4.78, 5) is 52.9. The predicted octanol–water partition coefficient (Wildman–Crippen LogP) is 6.48. The molecule has 6 heterocycles. The van der Waals surface area contributed by atoms with Gasteiger partial charge in [0.25, 0.3) is 0 Å². The smallest absolute Gasteiger partial charge is 0.229 e. The molecule has 3 N–H and O–H groups in total. The average Bonchev–Trinajstić information content (AvgIpc) is 3.26. The number of carbonyl (C=O) groups excluding carboxylic acids is 2. The number of piperidine rings is 2. The number of hydrogen-bond donors (Lipinski definition) is 3. The monoisotopic (exact) mass is 935 g/mol. The third kappa shape index (κ3) is 9.13. The zero-order valence-electron chi connectivity index (χ0n) is 36.3. The fourth-order valence-electron chi connectivity index (χ4n) is 9.83. The number of methoxy groups -OCH3 is 1. The summed E-state index contributed by atoms with van der Waals surface area (Å²) in [6.07, 6.45) is 8.74. The van der Waals surface area contributed by atoms with Gasteiger partial charge in [-0.3, -0.25) is 34.7 Å². The summed E-state index contributed by atoms with van der Waals surface area (Å²) >= 11 is 3.60. The number of benzene rings is 3. The molecule has 5 aromatic rings. The van der Waals surface area contributed by atoms with Gasteiger partial charge >= 0.3 is 0 Å². The molecule has 0 bridgehead atoms. The van der Waals surface area contributed by atoms with Gasteiger partial charge in [-0.15, -0.1) is 0 Å². The molecule has 330 valence electrons. The topological polar surface area (TPSA) is 161 Å². The van der Waals surface area contributed by atoms with Crippen molar-refractivity contribution < 1.29 is 18.9 Å². The number of aryl methyl sites for hydroxylation is 1. The van der Waals surface area contributed by atoms with Gasteiger partial charge < -0.3 is 29.7 Å². The first-order valence-electron chi connectivity index (χ1n) is 21.9. The van der Waals surface area contributed by atoms with Crippen molar-refractivity contribution in [2.45, 2.75) is 57.0 Å². The maximum Gasteiger partial charge on any atom is 0.229 e. The van der Waals surface area contributed by atoms with E-state index < -0.39 is 7.14 Å². The minimum absolute atomic E-state index is 0.0611. The van der Waals surface area contributed by atoms with Crippen LogP contribution in [0.3, 0.4) is 0 Å². The number of halogens is 1. The number of anilines is 6. The highest BCUT2D eigenvalue weighted by Crippen LogP contribution is 2.42. The number of aromatic nitrogens is 4. The number of amides is 2. The quantitative estimate of drug-likeness (QED) is 0.0921. The van der Waals surface area contributed by atoms with Crippen LogP contribution in [0, 0.1) is 0 Å². The van der Waals surface area contributed by atoms with Crippen LogP contribution >= 0.6 is 23.1 Å². The lowest BCUT2D eigenvalue weighted by molar-refractivity contribution is -0.133. The zero-order chi connectivity index (χ0) is 43.8. The van der Waals surface area contributed by atoms with Crippen LogP contribution in [-0.4, -0.2) is 126 Å². The van der Waals surface area contributed by atoms with E-state index in [1.165, 1.54) is 16.9 Å². The lowest BCUT2D eigenvalue weighted by atomic mass is 9.87. The molecule has 0 saturated carbocycles. The highest BCUT2D eigenvalue weighted by Gasteiger charge is 2.38. The van der Waals surface area contributed by atoms with Crippen molar-refractivity contribution in [3.63, 3.8) is 0 Å². The number of fused-ring (bicyclic) bond motifs is 1. The number of ether oxygens (including phenoxy) is 1. The lowest BCUT2D eigenvalue weighted by Gasteiger charge is -2.51. The van der Waals surface area contributed by atoms with Crippen LogP contribution in [0.5, 0.6) is 5.75 Å².